The van der Waals surface area contributed by atoms with E-state index in [4.69, 9.17) is 0 Å². The van der Waals surface area contributed by atoms with Crippen LogP contribution in [-0.2, 0) is 13.1 Å². The van der Waals surface area contributed by atoms with Crippen molar-refractivity contribution >= 4 is 10.9 Å². The molecule has 0 aliphatic carbocycles. The van der Waals surface area contributed by atoms with E-state index in [9.17, 15) is 0 Å². The van der Waals surface area contributed by atoms with E-state index in [-0.39, 0.29) is 0 Å². The highest BCUT2D eigenvalue weighted by molar-refractivity contribution is 5.83. The van der Waals surface area contributed by atoms with Gasteiger partial charge in [-0.05, 0) is 30.5 Å². The second-order valence-electron chi connectivity index (χ2n) is 5.39. The van der Waals surface area contributed by atoms with Crippen molar-refractivity contribution in [2.24, 2.45) is 5.92 Å². The molecule has 1 aromatic carbocycles. The third-order valence-electron chi connectivity index (χ3n) is 3.18. The van der Waals surface area contributed by atoms with Gasteiger partial charge < -0.3 is 9.88 Å². The van der Waals surface area contributed by atoms with Gasteiger partial charge in [0.25, 0.3) is 0 Å². The summed E-state index contributed by atoms with van der Waals surface area (Å²) in [6.45, 7) is 9.89. The molecule has 18 heavy (non-hydrogen) atoms. The lowest BCUT2D eigenvalue weighted by Gasteiger charge is -2.07. The average molecular weight is 244 g/mol. The second kappa shape index (κ2) is 6.05. The fraction of sp³-hybridized carbons (Fsp3) is 0.500. The molecule has 2 nitrogen and oxygen atoms in total. The summed E-state index contributed by atoms with van der Waals surface area (Å²) >= 11 is 0. The molecule has 0 unspecified atom stereocenters. The quantitative estimate of drug-likeness (QED) is 0.765. The number of benzene rings is 1. The Kier molecular flexibility index (Phi) is 4.43. The molecule has 0 saturated carbocycles. The van der Waals surface area contributed by atoms with Crippen molar-refractivity contribution in [2.75, 3.05) is 6.54 Å². The Morgan fingerprint density at radius 2 is 2.00 bits per heavy atom. The van der Waals surface area contributed by atoms with Crippen LogP contribution < -0.4 is 5.32 Å². The summed E-state index contributed by atoms with van der Waals surface area (Å²) in [5.41, 5.74) is 2.78. The molecule has 0 amide bonds. The van der Waals surface area contributed by atoms with Crippen LogP contribution >= 0.6 is 0 Å². The minimum atomic E-state index is 0.678. The Balaban J connectivity index is 2.29. The molecular weight excluding hydrogens is 220 g/mol. The highest BCUT2D eigenvalue weighted by Gasteiger charge is 2.08. The molecule has 0 saturated heterocycles. The first-order valence-corrected chi connectivity index (χ1v) is 6.99. The maximum Gasteiger partial charge on any atom is 0.0483 e. The molecule has 2 heteroatoms. The zero-order valence-electron chi connectivity index (χ0n) is 11.7. The van der Waals surface area contributed by atoms with E-state index in [1.54, 1.807) is 0 Å². The summed E-state index contributed by atoms with van der Waals surface area (Å²) in [6, 6.07) is 8.71. The van der Waals surface area contributed by atoms with Gasteiger partial charge in [0.05, 0.1) is 0 Å². The van der Waals surface area contributed by atoms with E-state index in [1.807, 2.05) is 0 Å². The van der Waals surface area contributed by atoms with Gasteiger partial charge in [0.2, 0.25) is 0 Å². The fourth-order valence-electron chi connectivity index (χ4n) is 2.41. The smallest absolute Gasteiger partial charge is 0.0483 e. The Morgan fingerprint density at radius 1 is 1.22 bits per heavy atom. The molecule has 1 heterocycles. The van der Waals surface area contributed by atoms with Crippen LogP contribution in [0.25, 0.3) is 10.9 Å². The summed E-state index contributed by atoms with van der Waals surface area (Å²) in [5.74, 6) is 0.678. The largest absolute Gasteiger partial charge is 0.347 e. The van der Waals surface area contributed by atoms with Crippen LogP contribution in [0.3, 0.4) is 0 Å². The molecule has 2 rings (SSSR count). The maximum absolute atomic E-state index is 3.50. The van der Waals surface area contributed by atoms with Gasteiger partial charge in [-0.15, -0.1) is 0 Å². The monoisotopic (exact) mass is 244 g/mol. The third-order valence-corrected chi connectivity index (χ3v) is 3.18. The molecule has 0 bridgehead atoms. The number of nitrogens with one attached hydrogen (secondary N) is 1. The van der Waals surface area contributed by atoms with E-state index in [0.29, 0.717) is 5.92 Å². The molecule has 0 radical (unpaired) electrons. The zero-order chi connectivity index (χ0) is 13.0. The fourth-order valence-corrected chi connectivity index (χ4v) is 2.41. The lowest BCUT2D eigenvalue weighted by Crippen LogP contribution is -2.13. The summed E-state index contributed by atoms with van der Waals surface area (Å²) in [7, 11) is 0. The Labute approximate surface area is 110 Å². The number of fused-ring (bicyclic) bond motifs is 1. The summed E-state index contributed by atoms with van der Waals surface area (Å²) in [4.78, 5) is 0. The molecule has 1 N–H and O–H groups in total. The van der Waals surface area contributed by atoms with Crippen LogP contribution in [0.1, 0.15) is 32.8 Å². The summed E-state index contributed by atoms with van der Waals surface area (Å²) in [5, 5.41) is 4.89. The number of rotatable bonds is 6. The molecule has 98 valence electrons. The van der Waals surface area contributed by atoms with E-state index in [1.165, 1.54) is 22.9 Å². The topological polar surface area (TPSA) is 17.0 Å². The van der Waals surface area contributed by atoms with Gasteiger partial charge in [-0.3, -0.25) is 0 Å². The van der Waals surface area contributed by atoms with Gasteiger partial charge in [0.15, 0.2) is 0 Å². The number of para-hydroxylation sites is 1. The van der Waals surface area contributed by atoms with Gasteiger partial charge in [-0.1, -0.05) is 39.0 Å². The first-order valence-electron chi connectivity index (χ1n) is 6.99. The molecule has 0 aliphatic rings. The molecular formula is C16H24N2. The normalized spacial score (nSPS) is 11.6. The van der Waals surface area contributed by atoms with Crippen LogP contribution in [0.4, 0.5) is 0 Å². The molecule has 0 spiro atoms. The van der Waals surface area contributed by atoms with Crippen molar-refractivity contribution in [1.29, 1.82) is 0 Å². The first-order chi connectivity index (χ1) is 8.72. The van der Waals surface area contributed by atoms with Crippen molar-refractivity contribution in [3.8, 4) is 0 Å². The molecule has 0 fully saturated rings. The van der Waals surface area contributed by atoms with Crippen LogP contribution in [0, 0.1) is 5.92 Å². The SMILES string of the molecule is CCCNCc1cn(CC(C)C)c2ccccc12. The van der Waals surface area contributed by atoms with Crippen LogP contribution in [0.15, 0.2) is 30.5 Å². The lowest BCUT2D eigenvalue weighted by atomic mass is 10.2. The van der Waals surface area contributed by atoms with Crippen molar-refractivity contribution in [3.05, 3.63) is 36.0 Å². The van der Waals surface area contributed by atoms with Crippen LogP contribution in [0.5, 0.6) is 0 Å². The minimum absolute atomic E-state index is 0.678. The van der Waals surface area contributed by atoms with E-state index in [0.717, 1.165) is 19.6 Å². The van der Waals surface area contributed by atoms with E-state index >= 15 is 0 Å². The molecule has 0 atom stereocenters. The van der Waals surface area contributed by atoms with Crippen LogP contribution in [0.2, 0.25) is 0 Å². The molecule has 1 aromatic heterocycles. The number of hydrogen-bond donors (Lipinski definition) is 1. The Morgan fingerprint density at radius 3 is 2.72 bits per heavy atom. The van der Waals surface area contributed by atoms with Crippen molar-refractivity contribution < 1.29 is 0 Å². The maximum atomic E-state index is 3.50. The number of nitrogens with zero attached hydrogens (tertiary/aromatic N) is 1. The highest BCUT2D eigenvalue weighted by Crippen LogP contribution is 2.22. The molecule has 0 aliphatic heterocycles. The van der Waals surface area contributed by atoms with Crippen molar-refractivity contribution in [3.63, 3.8) is 0 Å². The van der Waals surface area contributed by atoms with Gasteiger partial charge in [0.1, 0.15) is 0 Å². The summed E-state index contributed by atoms with van der Waals surface area (Å²) < 4.78 is 2.39. The Bertz CT molecular complexity index is 497. The highest BCUT2D eigenvalue weighted by atomic mass is 15.0. The van der Waals surface area contributed by atoms with Crippen molar-refractivity contribution in [1.82, 2.24) is 9.88 Å². The van der Waals surface area contributed by atoms with Gasteiger partial charge in [-0.25, -0.2) is 0 Å². The van der Waals surface area contributed by atoms with E-state index in [2.05, 4.69) is 61.1 Å². The minimum Gasteiger partial charge on any atom is -0.347 e. The van der Waals surface area contributed by atoms with E-state index < -0.39 is 0 Å². The van der Waals surface area contributed by atoms with Crippen LogP contribution in [-0.4, -0.2) is 11.1 Å². The van der Waals surface area contributed by atoms with Gasteiger partial charge in [-0.2, -0.15) is 0 Å². The van der Waals surface area contributed by atoms with Gasteiger partial charge >= 0.3 is 0 Å². The summed E-state index contributed by atoms with van der Waals surface area (Å²) in [6.07, 6.45) is 3.50. The standard InChI is InChI=1S/C16H24N2/c1-4-9-17-10-14-12-18(11-13(2)3)16-8-6-5-7-15(14)16/h5-8,12-13,17H,4,9-11H2,1-3H3. The number of hydrogen-bond acceptors (Lipinski definition) is 1. The average Bonchev–Trinajstić information content (AvgIpc) is 2.68. The zero-order valence-corrected chi connectivity index (χ0v) is 11.7. The van der Waals surface area contributed by atoms with Gasteiger partial charge in [0, 0.05) is 30.2 Å². The molecule has 2 aromatic rings. The Hall–Kier alpha value is -1.28. The predicted molar refractivity (Wildman–Crippen MR) is 78.8 cm³/mol. The predicted octanol–water partition coefficient (Wildman–Crippen LogP) is 3.80. The third kappa shape index (κ3) is 2.94. The first kappa shape index (κ1) is 13.2. The number of aromatic nitrogens is 1. The lowest BCUT2D eigenvalue weighted by molar-refractivity contribution is 0.534. The second-order valence-corrected chi connectivity index (χ2v) is 5.39. The van der Waals surface area contributed by atoms with Crippen molar-refractivity contribution in [2.45, 2.75) is 40.3 Å².